The van der Waals surface area contributed by atoms with Crippen LogP contribution in [0, 0.1) is 0 Å². The summed E-state index contributed by atoms with van der Waals surface area (Å²) < 4.78 is 49.2. The Morgan fingerprint density at radius 2 is 1.68 bits per heavy atom. The predicted molar refractivity (Wildman–Crippen MR) is 108 cm³/mol. The maximum absolute atomic E-state index is 12.8. The maximum atomic E-state index is 12.8. The van der Waals surface area contributed by atoms with E-state index in [-0.39, 0.29) is 13.0 Å². The van der Waals surface area contributed by atoms with Crippen molar-refractivity contribution in [2.45, 2.75) is 32.5 Å². The Morgan fingerprint density at radius 3 is 2.19 bits per heavy atom. The van der Waals surface area contributed by atoms with Crippen molar-refractivity contribution in [3.63, 3.8) is 0 Å². The molecule has 0 aromatic heterocycles. The van der Waals surface area contributed by atoms with E-state index in [9.17, 15) is 18.0 Å². The number of carbonyl (C=O) groups is 1. The molecule has 0 fully saturated rings. The molecule has 2 aromatic rings. The summed E-state index contributed by atoms with van der Waals surface area (Å²) >= 11 is 0. The molecule has 0 aliphatic rings. The third-order valence-corrected chi connectivity index (χ3v) is 4.21. The van der Waals surface area contributed by atoms with Crippen LogP contribution in [0.4, 0.5) is 13.2 Å². The van der Waals surface area contributed by atoms with Gasteiger partial charge in [-0.1, -0.05) is 29.4 Å². The first-order valence-corrected chi connectivity index (χ1v) is 9.67. The minimum atomic E-state index is -4.42. The fourth-order valence-electron chi connectivity index (χ4n) is 2.66. The molecule has 1 atom stereocenters. The normalized spacial score (nSPS) is 13.0. The van der Waals surface area contributed by atoms with E-state index in [4.69, 9.17) is 19.4 Å². The van der Waals surface area contributed by atoms with Crippen molar-refractivity contribution in [2.75, 3.05) is 19.8 Å². The van der Waals surface area contributed by atoms with Crippen LogP contribution < -0.4 is 4.74 Å². The highest BCUT2D eigenvalue weighted by Crippen LogP contribution is 2.29. The average Bonchev–Trinajstić information content (AvgIpc) is 2.74. The number of oxime groups is 1. The first-order valence-electron chi connectivity index (χ1n) is 9.67. The topological polar surface area (TPSA) is 77.3 Å². The number of ether oxygens (including phenoxy) is 2. The standard InChI is InChI=1S/C22H24F3NO5/c1-3-29-20(21(27)28)13-15-5-11-18(12-6-15)30-14-19(26-31-4-2)16-7-9-17(10-8-16)22(23,24)25/h5-12,20H,3-4,13-14H2,1-2H3,(H,27,28)/b26-19+. The number of carboxylic acids is 1. The number of alkyl halides is 3. The number of hydrogen-bond donors (Lipinski definition) is 1. The first-order chi connectivity index (χ1) is 14.7. The van der Waals surface area contributed by atoms with E-state index in [0.717, 1.165) is 17.7 Å². The molecule has 0 aliphatic heterocycles. The predicted octanol–water partition coefficient (Wildman–Crippen LogP) is 4.56. The highest BCUT2D eigenvalue weighted by Gasteiger charge is 2.30. The van der Waals surface area contributed by atoms with E-state index in [2.05, 4.69) is 5.16 Å². The van der Waals surface area contributed by atoms with Crippen LogP contribution in [0.25, 0.3) is 0 Å². The zero-order valence-corrected chi connectivity index (χ0v) is 17.2. The zero-order valence-electron chi connectivity index (χ0n) is 17.2. The number of hydrogen-bond acceptors (Lipinski definition) is 5. The van der Waals surface area contributed by atoms with Crippen molar-refractivity contribution in [1.82, 2.24) is 0 Å². The molecule has 0 amide bonds. The number of rotatable bonds is 11. The van der Waals surface area contributed by atoms with Crippen LogP contribution in [0.1, 0.15) is 30.5 Å². The van der Waals surface area contributed by atoms with E-state index < -0.39 is 23.8 Å². The summed E-state index contributed by atoms with van der Waals surface area (Å²) in [6.45, 7) is 4.03. The molecule has 0 heterocycles. The maximum Gasteiger partial charge on any atom is 0.416 e. The summed E-state index contributed by atoms with van der Waals surface area (Å²) in [5.41, 5.74) is 0.787. The molecular weight excluding hydrogens is 415 g/mol. The molecule has 6 nitrogen and oxygen atoms in total. The lowest BCUT2D eigenvalue weighted by atomic mass is 10.1. The van der Waals surface area contributed by atoms with Crippen LogP contribution in [0.3, 0.4) is 0 Å². The van der Waals surface area contributed by atoms with Crippen molar-refractivity contribution in [1.29, 1.82) is 0 Å². The number of nitrogens with zero attached hydrogens (tertiary/aromatic N) is 1. The average molecular weight is 439 g/mol. The van der Waals surface area contributed by atoms with Gasteiger partial charge < -0.3 is 19.4 Å². The van der Waals surface area contributed by atoms with Crippen molar-refractivity contribution in [2.24, 2.45) is 5.16 Å². The van der Waals surface area contributed by atoms with Crippen molar-refractivity contribution in [3.8, 4) is 5.75 Å². The lowest BCUT2D eigenvalue weighted by molar-refractivity contribution is -0.150. The van der Waals surface area contributed by atoms with Crippen molar-refractivity contribution >= 4 is 11.7 Å². The third kappa shape index (κ3) is 7.60. The molecule has 0 aliphatic carbocycles. The Bertz CT molecular complexity index is 864. The Kier molecular flexibility index (Phi) is 8.87. The van der Waals surface area contributed by atoms with Gasteiger partial charge in [0.1, 0.15) is 24.7 Å². The Morgan fingerprint density at radius 1 is 1.03 bits per heavy atom. The number of halogens is 3. The summed E-state index contributed by atoms with van der Waals surface area (Å²) in [7, 11) is 0. The lowest BCUT2D eigenvalue weighted by Gasteiger charge is -2.13. The number of carboxylic acid groups (broad SMARTS) is 1. The summed E-state index contributed by atoms with van der Waals surface area (Å²) in [5, 5.41) is 13.1. The fourth-order valence-corrected chi connectivity index (χ4v) is 2.66. The molecule has 0 bridgehead atoms. The van der Waals surface area contributed by atoms with Crippen LogP contribution in [-0.4, -0.2) is 42.7 Å². The van der Waals surface area contributed by atoms with Gasteiger partial charge in [-0.05, 0) is 43.7 Å². The van der Waals surface area contributed by atoms with Crippen LogP contribution in [0.2, 0.25) is 0 Å². The Hall–Kier alpha value is -3.07. The Labute approximate surface area is 178 Å². The fraction of sp³-hybridized carbons (Fsp3) is 0.364. The van der Waals surface area contributed by atoms with E-state index in [1.807, 2.05) is 0 Å². The highest BCUT2D eigenvalue weighted by atomic mass is 19.4. The minimum absolute atomic E-state index is 0.0264. The van der Waals surface area contributed by atoms with Gasteiger partial charge in [-0.15, -0.1) is 0 Å². The van der Waals surface area contributed by atoms with Crippen molar-refractivity contribution < 1.29 is 37.4 Å². The molecule has 0 radical (unpaired) electrons. The van der Waals surface area contributed by atoms with Gasteiger partial charge in [-0.2, -0.15) is 13.2 Å². The molecule has 0 spiro atoms. The second-order valence-corrected chi connectivity index (χ2v) is 6.45. The van der Waals surface area contributed by atoms with Gasteiger partial charge in [-0.25, -0.2) is 4.79 Å². The second kappa shape index (κ2) is 11.4. The second-order valence-electron chi connectivity index (χ2n) is 6.45. The van der Waals surface area contributed by atoms with Gasteiger partial charge in [0, 0.05) is 18.6 Å². The molecule has 1 N–H and O–H groups in total. The summed E-state index contributed by atoms with van der Waals surface area (Å²) in [6.07, 6.45) is -5.14. The van der Waals surface area contributed by atoms with Crippen LogP contribution in [-0.2, 0) is 27.0 Å². The zero-order chi connectivity index (χ0) is 22.9. The summed E-state index contributed by atoms with van der Waals surface area (Å²) in [4.78, 5) is 16.3. The first kappa shape index (κ1) is 24.2. The van der Waals surface area contributed by atoms with Crippen LogP contribution in [0.15, 0.2) is 53.7 Å². The van der Waals surface area contributed by atoms with E-state index in [0.29, 0.717) is 30.2 Å². The highest BCUT2D eigenvalue weighted by molar-refractivity contribution is 6.01. The molecule has 2 rings (SSSR count). The number of benzene rings is 2. The van der Waals surface area contributed by atoms with Crippen molar-refractivity contribution in [3.05, 3.63) is 65.2 Å². The van der Waals surface area contributed by atoms with Gasteiger partial charge in [0.15, 0.2) is 6.10 Å². The molecule has 9 heteroatoms. The third-order valence-electron chi connectivity index (χ3n) is 4.21. The van der Waals surface area contributed by atoms with Gasteiger partial charge in [0.25, 0.3) is 0 Å². The minimum Gasteiger partial charge on any atom is -0.487 e. The largest absolute Gasteiger partial charge is 0.487 e. The molecule has 168 valence electrons. The molecule has 0 saturated carbocycles. The molecule has 1 unspecified atom stereocenters. The molecule has 2 aromatic carbocycles. The number of aliphatic carboxylic acids is 1. The molecular formula is C22H24F3NO5. The SMILES string of the molecule is CCO/N=C(\COc1ccc(CC(OCC)C(=O)O)cc1)c1ccc(C(F)(F)F)cc1. The lowest BCUT2D eigenvalue weighted by Crippen LogP contribution is -2.26. The summed E-state index contributed by atoms with van der Waals surface area (Å²) in [5.74, 6) is -0.543. The van der Waals surface area contributed by atoms with Gasteiger partial charge in [0.2, 0.25) is 0 Å². The smallest absolute Gasteiger partial charge is 0.416 e. The monoisotopic (exact) mass is 439 g/mol. The van der Waals surface area contributed by atoms with E-state index >= 15 is 0 Å². The quantitative estimate of drug-likeness (QED) is 0.410. The molecule has 31 heavy (non-hydrogen) atoms. The molecule has 0 saturated heterocycles. The van der Waals surface area contributed by atoms with E-state index in [1.165, 1.54) is 12.1 Å². The van der Waals surface area contributed by atoms with Gasteiger partial charge in [-0.3, -0.25) is 0 Å². The van der Waals surface area contributed by atoms with E-state index in [1.54, 1.807) is 38.1 Å². The van der Waals surface area contributed by atoms with Gasteiger partial charge >= 0.3 is 12.1 Å². The van der Waals surface area contributed by atoms with Crippen LogP contribution in [0.5, 0.6) is 5.75 Å². The van der Waals surface area contributed by atoms with Gasteiger partial charge in [0.05, 0.1) is 5.56 Å². The Balaban J connectivity index is 2.06. The summed E-state index contributed by atoms with van der Waals surface area (Å²) in [6, 6.07) is 11.4. The van der Waals surface area contributed by atoms with Crippen LogP contribution >= 0.6 is 0 Å².